The number of carbonyl (C=O) groups excluding carboxylic acids is 1. The predicted octanol–water partition coefficient (Wildman–Crippen LogP) is 5.74. The maximum atomic E-state index is 10.8. The van der Waals surface area contributed by atoms with Crippen LogP contribution in [0.1, 0.15) is 79.3 Å². The fourth-order valence-electron chi connectivity index (χ4n) is 5.86. The van der Waals surface area contributed by atoms with E-state index >= 15 is 0 Å². The van der Waals surface area contributed by atoms with E-state index in [1.807, 2.05) is 29.2 Å². The molecule has 1 saturated heterocycles. The molecule has 1 aliphatic carbocycles. The highest BCUT2D eigenvalue weighted by molar-refractivity contribution is 5.73. The number of benzene rings is 2. The third-order valence-electron chi connectivity index (χ3n) is 8.00. The van der Waals surface area contributed by atoms with Crippen LogP contribution in [0.3, 0.4) is 0 Å². The first kappa shape index (κ1) is 29.1. The Morgan fingerprint density at radius 2 is 1.82 bits per heavy atom. The number of piperidine rings is 1. The van der Waals surface area contributed by atoms with E-state index in [1.165, 1.54) is 42.4 Å². The molecule has 0 spiro atoms. The number of fused-ring (bicyclic) bond motifs is 1. The van der Waals surface area contributed by atoms with Crippen molar-refractivity contribution in [3.8, 4) is 6.19 Å². The highest BCUT2D eigenvalue weighted by Crippen LogP contribution is 2.44. The maximum Gasteiger partial charge on any atom is 0.211 e. The second-order valence-corrected chi connectivity index (χ2v) is 10.7. The number of hydrogen-bond donors (Lipinski definition) is 3. The van der Waals surface area contributed by atoms with Crippen LogP contribution in [0.4, 0.5) is 5.69 Å². The molecule has 7 nitrogen and oxygen atoms in total. The van der Waals surface area contributed by atoms with Crippen molar-refractivity contribution in [3.63, 3.8) is 0 Å². The highest BCUT2D eigenvalue weighted by Gasteiger charge is 2.37. The Morgan fingerprint density at radius 3 is 2.50 bits per heavy atom. The van der Waals surface area contributed by atoms with Gasteiger partial charge in [-0.1, -0.05) is 50.5 Å². The number of aryl methyl sites for hydroxylation is 3. The summed E-state index contributed by atoms with van der Waals surface area (Å²) in [5, 5.41) is 13.9. The molecule has 2 aromatic carbocycles. The van der Waals surface area contributed by atoms with Crippen LogP contribution in [-0.4, -0.2) is 29.4 Å². The Hall–Kier alpha value is -3.50. The fourth-order valence-corrected chi connectivity index (χ4v) is 5.86. The van der Waals surface area contributed by atoms with E-state index in [9.17, 15) is 10.1 Å². The molecule has 0 aromatic heterocycles. The molecule has 0 bridgehead atoms. The van der Waals surface area contributed by atoms with E-state index in [4.69, 9.17) is 11.6 Å². The second-order valence-electron chi connectivity index (χ2n) is 10.7. The average Bonchev–Trinajstić information content (AvgIpc) is 2.91. The predicted molar refractivity (Wildman–Crippen MR) is 155 cm³/mol. The lowest BCUT2D eigenvalue weighted by atomic mass is 9.72. The number of nitrogens with one attached hydrogen (secondary N) is 1. The van der Waals surface area contributed by atoms with E-state index < -0.39 is 0 Å². The van der Waals surface area contributed by atoms with Crippen LogP contribution in [0.15, 0.2) is 42.6 Å². The first-order valence-corrected chi connectivity index (χ1v) is 13.8. The summed E-state index contributed by atoms with van der Waals surface area (Å²) in [6, 6.07) is 12.2. The Labute approximate surface area is 228 Å². The molecule has 204 valence electrons. The van der Waals surface area contributed by atoms with Crippen molar-refractivity contribution in [1.29, 1.82) is 5.26 Å². The van der Waals surface area contributed by atoms with Gasteiger partial charge in [0.25, 0.3) is 0 Å². The summed E-state index contributed by atoms with van der Waals surface area (Å²) in [6.45, 7) is 10.0. The summed E-state index contributed by atoms with van der Waals surface area (Å²) in [7, 11) is 0. The zero-order valence-corrected chi connectivity index (χ0v) is 23.4. The summed E-state index contributed by atoms with van der Waals surface area (Å²) in [6.07, 6.45) is 12.1. The lowest BCUT2D eigenvalue weighted by Crippen LogP contribution is -2.41. The van der Waals surface area contributed by atoms with Gasteiger partial charge in [0.2, 0.25) is 6.41 Å². The van der Waals surface area contributed by atoms with Gasteiger partial charge in [0.1, 0.15) is 0 Å². The van der Waals surface area contributed by atoms with Gasteiger partial charge in [-0.05, 0) is 86.3 Å². The summed E-state index contributed by atoms with van der Waals surface area (Å²) in [5.41, 5.74) is 13.5. The zero-order valence-electron chi connectivity index (χ0n) is 23.4. The number of nitrogens with zero attached hydrogens (tertiary/aromatic N) is 3. The van der Waals surface area contributed by atoms with Crippen molar-refractivity contribution in [1.82, 2.24) is 9.91 Å². The number of nitrogens with two attached hydrogens (primary N) is 2. The molecule has 1 saturated carbocycles. The third-order valence-corrected chi connectivity index (χ3v) is 8.00. The molecule has 3 unspecified atom stereocenters. The van der Waals surface area contributed by atoms with Gasteiger partial charge in [0, 0.05) is 30.5 Å². The molecular formula is C31H44N6O. The molecule has 4 rings (SSSR count). The lowest BCUT2D eigenvalue weighted by Gasteiger charge is -2.44. The first-order chi connectivity index (χ1) is 18.3. The molecule has 1 amide bonds. The summed E-state index contributed by atoms with van der Waals surface area (Å²) < 4.78 is 0. The number of anilines is 1. The molecule has 2 fully saturated rings. The van der Waals surface area contributed by atoms with Gasteiger partial charge in [-0.2, -0.15) is 5.26 Å². The number of amides is 1. The molecule has 5 N–H and O–H groups in total. The fraction of sp³-hybridized carbons (Fsp3) is 0.484. The Kier molecular flexibility index (Phi) is 10.6. The minimum absolute atomic E-state index is 0.0954. The van der Waals surface area contributed by atoms with E-state index in [0.29, 0.717) is 12.3 Å². The molecule has 0 radical (unpaired) electrons. The van der Waals surface area contributed by atoms with Crippen LogP contribution in [0.5, 0.6) is 0 Å². The van der Waals surface area contributed by atoms with Gasteiger partial charge in [0.05, 0.1) is 11.7 Å². The van der Waals surface area contributed by atoms with Crippen molar-refractivity contribution < 1.29 is 4.79 Å². The molecular weight excluding hydrogens is 472 g/mol. The minimum atomic E-state index is 0.0954. The van der Waals surface area contributed by atoms with Crippen LogP contribution in [-0.2, 0) is 4.79 Å². The normalized spacial score (nSPS) is 20.9. The number of nitriles is 1. The summed E-state index contributed by atoms with van der Waals surface area (Å²) >= 11 is 0. The molecule has 2 aromatic rings. The summed E-state index contributed by atoms with van der Waals surface area (Å²) in [5.74, 6) is 7.20. The average molecular weight is 517 g/mol. The molecule has 38 heavy (non-hydrogen) atoms. The van der Waals surface area contributed by atoms with Crippen LogP contribution < -0.4 is 16.9 Å². The number of likely N-dealkylation sites (tertiary alicyclic amines) is 1. The zero-order chi connectivity index (χ0) is 27.7. The van der Waals surface area contributed by atoms with Gasteiger partial charge >= 0.3 is 0 Å². The van der Waals surface area contributed by atoms with Gasteiger partial charge in [-0.15, -0.1) is 0 Å². The van der Waals surface area contributed by atoms with E-state index in [1.54, 1.807) is 11.2 Å². The monoisotopic (exact) mass is 516 g/mol. The largest absolute Gasteiger partial charge is 0.397 e. The SMILES string of the molecule is CCCN(N)/C=C(\N)c1cc(C)c(C)cc1C.N#CN1CC2CCCCC2CC1c1ccccc1NC=O. The van der Waals surface area contributed by atoms with Crippen molar-refractivity contribution in [2.75, 3.05) is 18.4 Å². The number of rotatable bonds is 7. The van der Waals surface area contributed by atoms with Crippen LogP contribution in [0.2, 0.25) is 0 Å². The lowest BCUT2D eigenvalue weighted by molar-refractivity contribution is -0.105. The first-order valence-electron chi connectivity index (χ1n) is 13.8. The van der Waals surface area contributed by atoms with Crippen molar-refractivity contribution in [2.24, 2.45) is 23.4 Å². The molecule has 2 aliphatic rings. The number of hydrazine groups is 1. The Bertz CT molecular complexity index is 1150. The van der Waals surface area contributed by atoms with Gasteiger partial charge in [0.15, 0.2) is 6.19 Å². The van der Waals surface area contributed by atoms with Crippen LogP contribution in [0, 0.1) is 44.1 Å². The van der Waals surface area contributed by atoms with Gasteiger partial charge in [-0.3, -0.25) is 4.79 Å². The topological polar surface area (TPSA) is 111 Å². The van der Waals surface area contributed by atoms with Crippen molar-refractivity contribution in [3.05, 3.63) is 70.4 Å². The third kappa shape index (κ3) is 7.29. The molecule has 1 aliphatic heterocycles. The smallest absolute Gasteiger partial charge is 0.211 e. The van der Waals surface area contributed by atoms with Gasteiger partial charge in [-0.25, -0.2) is 5.84 Å². The second kappa shape index (κ2) is 13.9. The van der Waals surface area contributed by atoms with E-state index in [2.05, 4.69) is 51.3 Å². The highest BCUT2D eigenvalue weighted by atomic mass is 16.1. The van der Waals surface area contributed by atoms with Crippen LogP contribution in [0.25, 0.3) is 5.70 Å². The van der Waals surface area contributed by atoms with Gasteiger partial charge < -0.3 is 21.0 Å². The molecule has 7 heteroatoms. The number of hydrogen-bond acceptors (Lipinski definition) is 6. The quantitative estimate of drug-likeness (QED) is 0.187. The Morgan fingerprint density at radius 1 is 1.13 bits per heavy atom. The maximum absolute atomic E-state index is 10.8. The number of carbonyl (C=O) groups is 1. The summed E-state index contributed by atoms with van der Waals surface area (Å²) in [4.78, 5) is 12.7. The standard InChI is InChI=1S/C17H21N3O.C14H23N3/c18-11-20-10-14-6-2-1-5-13(14)9-17(20)15-7-3-4-8-16(15)19-12-21;1-5-6-17(16)9-14(15)13-8-11(3)10(2)7-12(13)4/h3-4,7-8,12-14,17H,1-2,5-6,9-10H2,(H,19,21);7-9H,5-6,15-16H2,1-4H3/b;14-9-. The Balaban J connectivity index is 0.000000216. The number of para-hydroxylation sites is 1. The van der Waals surface area contributed by atoms with E-state index in [-0.39, 0.29) is 6.04 Å². The van der Waals surface area contributed by atoms with Crippen LogP contribution >= 0.6 is 0 Å². The molecule has 1 heterocycles. The van der Waals surface area contributed by atoms with Crippen molar-refractivity contribution in [2.45, 2.75) is 72.3 Å². The molecule has 3 atom stereocenters. The van der Waals surface area contributed by atoms with Crippen molar-refractivity contribution >= 4 is 17.8 Å². The van der Waals surface area contributed by atoms with E-state index in [0.717, 1.165) is 54.4 Å². The minimum Gasteiger partial charge on any atom is -0.397 e.